The van der Waals surface area contributed by atoms with Crippen LogP contribution in [0.25, 0.3) is 0 Å². The van der Waals surface area contributed by atoms with Crippen LogP contribution in [-0.4, -0.2) is 48.7 Å². The summed E-state index contributed by atoms with van der Waals surface area (Å²) in [5.74, 6) is 0.771. The number of ether oxygens (including phenoxy) is 2. The molecule has 33 heavy (non-hydrogen) atoms. The van der Waals surface area contributed by atoms with E-state index in [4.69, 9.17) is 26.3 Å². The number of aromatic nitrogens is 1. The van der Waals surface area contributed by atoms with Crippen LogP contribution in [0, 0.1) is 23.2 Å². The lowest BCUT2D eigenvalue weighted by Gasteiger charge is -2.44. The number of rotatable bonds is 8. The maximum absolute atomic E-state index is 12.8. The van der Waals surface area contributed by atoms with Crippen LogP contribution in [0.3, 0.4) is 0 Å². The highest BCUT2D eigenvalue weighted by Crippen LogP contribution is 2.37. The summed E-state index contributed by atoms with van der Waals surface area (Å²) in [6.45, 7) is 1.08. The van der Waals surface area contributed by atoms with Crippen molar-refractivity contribution < 1.29 is 14.3 Å². The first-order valence-corrected chi connectivity index (χ1v) is 11.8. The Morgan fingerprint density at radius 3 is 2.91 bits per heavy atom. The number of carbonyl (C=O) groups excluding carboxylic acids is 1. The van der Waals surface area contributed by atoms with E-state index < -0.39 is 0 Å². The fraction of sp³-hybridized carbons (Fsp3) is 0.480. The molecule has 1 saturated heterocycles. The molecule has 2 aromatic rings. The van der Waals surface area contributed by atoms with Gasteiger partial charge in [0.05, 0.1) is 36.7 Å². The van der Waals surface area contributed by atoms with Gasteiger partial charge in [0.1, 0.15) is 11.8 Å². The van der Waals surface area contributed by atoms with Gasteiger partial charge in [-0.25, -0.2) is 0 Å². The van der Waals surface area contributed by atoms with Crippen LogP contribution in [0.1, 0.15) is 30.5 Å². The van der Waals surface area contributed by atoms with Crippen LogP contribution in [-0.2, 0) is 16.0 Å². The summed E-state index contributed by atoms with van der Waals surface area (Å²) in [6.07, 6.45) is 4.81. The molecule has 1 saturated carbocycles. The summed E-state index contributed by atoms with van der Waals surface area (Å²) >= 11 is 6.69. The number of pyridine rings is 1. The van der Waals surface area contributed by atoms with Gasteiger partial charge in [-0.2, -0.15) is 5.26 Å². The zero-order valence-corrected chi connectivity index (χ0v) is 19.4. The van der Waals surface area contributed by atoms with Crippen molar-refractivity contribution in [2.75, 3.05) is 25.6 Å². The van der Waals surface area contributed by atoms with Crippen LogP contribution in [0.4, 0.5) is 5.69 Å². The first-order chi connectivity index (χ1) is 16.1. The average molecular weight is 469 g/mol. The Bertz CT molecular complexity index is 997. The number of halogens is 1. The Morgan fingerprint density at radius 2 is 2.15 bits per heavy atom. The maximum Gasteiger partial charge on any atom is 0.225 e. The average Bonchev–Trinajstić information content (AvgIpc) is 2.84. The monoisotopic (exact) mass is 468 g/mol. The third-order valence-corrected chi connectivity index (χ3v) is 7.02. The molecule has 2 fully saturated rings. The molecule has 2 N–H and O–H groups in total. The number of amides is 1. The van der Waals surface area contributed by atoms with Crippen LogP contribution in [0.2, 0.25) is 0 Å². The number of piperidine rings is 1. The number of hydrogen-bond donors (Lipinski definition) is 2. The Hall–Kier alpha value is -2.82. The molecule has 2 aliphatic rings. The smallest absolute Gasteiger partial charge is 0.225 e. The lowest BCUT2D eigenvalue weighted by molar-refractivity contribution is -0.130. The van der Waals surface area contributed by atoms with Gasteiger partial charge in [-0.15, -0.1) is 11.6 Å². The Balaban J connectivity index is 1.28. The van der Waals surface area contributed by atoms with Crippen molar-refractivity contribution in [1.29, 1.82) is 5.26 Å². The molecule has 4 rings (SSSR count). The third kappa shape index (κ3) is 5.76. The summed E-state index contributed by atoms with van der Waals surface area (Å²) in [6, 6.07) is 13.4. The Labute approximate surface area is 199 Å². The number of nitriles is 1. The quantitative estimate of drug-likeness (QED) is 0.575. The lowest BCUT2D eigenvalue weighted by Crippen LogP contribution is -2.56. The summed E-state index contributed by atoms with van der Waals surface area (Å²) < 4.78 is 11.3. The van der Waals surface area contributed by atoms with E-state index in [-0.39, 0.29) is 29.3 Å². The van der Waals surface area contributed by atoms with E-state index in [1.165, 1.54) is 7.11 Å². The van der Waals surface area contributed by atoms with Crippen molar-refractivity contribution in [1.82, 2.24) is 10.3 Å². The van der Waals surface area contributed by atoms with E-state index in [1.807, 2.05) is 24.3 Å². The number of carbonyl (C=O) groups is 1. The number of benzene rings is 1. The molecule has 8 heteroatoms. The van der Waals surface area contributed by atoms with E-state index in [1.54, 1.807) is 18.3 Å². The van der Waals surface area contributed by atoms with Crippen molar-refractivity contribution in [3.63, 3.8) is 0 Å². The SMILES string of the molecule is COc1cc(NCC2CC3CC(Cl)C(OCCc4ccccn4)CC3NC2=O)ccc1C#N. The fourth-order valence-electron chi connectivity index (χ4n) is 4.75. The predicted octanol–water partition coefficient (Wildman–Crippen LogP) is 3.52. The van der Waals surface area contributed by atoms with Crippen molar-refractivity contribution in [3.8, 4) is 11.8 Å². The number of hydrogen-bond acceptors (Lipinski definition) is 6. The van der Waals surface area contributed by atoms with Crippen molar-refractivity contribution in [3.05, 3.63) is 53.9 Å². The van der Waals surface area contributed by atoms with Gasteiger partial charge >= 0.3 is 0 Å². The molecule has 1 amide bonds. The van der Waals surface area contributed by atoms with Gasteiger partial charge in [-0.1, -0.05) is 6.07 Å². The summed E-state index contributed by atoms with van der Waals surface area (Å²) in [7, 11) is 1.54. The zero-order chi connectivity index (χ0) is 23.2. The second kappa shape index (κ2) is 10.9. The number of methoxy groups -OCH3 is 1. The number of alkyl halides is 1. The minimum atomic E-state index is -0.140. The number of anilines is 1. The molecule has 2 heterocycles. The van der Waals surface area contributed by atoms with Crippen molar-refractivity contribution in [2.24, 2.45) is 11.8 Å². The third-order valence-electron chi connectivity index (χ3n) is 6.56. The lowest BCUT2D eigenvalue weighted by atomic mass is 9.74. The normalized spacial score (nSPS) is 26.6. The molecule has 1 aromatic heterocycles. The fourth-order valence-corrected chi connectivity index (χ4v) is 5.15. The van der Waals surface area contributed by atoms with Crippen molar-refractivity contribution >= 4 is 23.2 Å². The summed E-state index contributed by atoms with van der Waals surface area (Å²) in [4.78, 5) is 17.1. The predicted molar refractivity (Wildman–Crippen MR) is 126 cm³/mol. The van der Waals surface area contributed by atoms with Crippen LogP contribution < -0.4 is 15.4 Å². The molecule has 0 bridgehead atoms. The van der Waals surface area contributed by atoms with E-state index in [0.29, 0.717) is 30.4 Å². The summed E-state index contributed by atoms with van der Waals surface area (Å²) in [5.41, 5.74) is 2.30. The van der Waals surface area contributed by atoms with Crippen LogP contribution in [0.15, 0.2) is 42.6 Å². The van der Waals surface area contributed by atoms with Gasteiger partial charge in [0.25, 0.3) is 0 Å². The first kappa shape index (κ1) is 23.3. The number of fused-ring (bicyclic) bond motifs is 1. The van der Waals surface area contributed by atoms with E-state index >= 15 is 0 Å². The second-order valence-electron chi connectivity index (χ2n) is 8.68. The minimum absolute atomic E-state index is 0.0598. The largest absolute Gasteiger partial charge is 0.495 e. The molecule has 174 valence electrons. The van der Waals surface area contributed by atoms with Gasteiger partial charge in [0.2, 0.25) is 5.91 Å². The van der Waals surface area contributed by atoms with E-state index in [0.717, 1.165) is 37.1 Å². The molecule has 1 aliphatic carbocycles. The first-order valence-electron chi connectivity index (χ1n) is 11.4. The molecule has 7 nitrogen and oxygen atoms in total. The zero-order valence-electron chi connectivity index (χ0n) is 18.7. The standard InChI is InChI=1S/C25H29ClN4O3/c1-32-23-12-20(6-5-16(23)14-27)29-15-18-10-17-11-21(26)24(13-22(17)30-25(18)31)33-9-7-19-4-2-3-8-28-19/h2-6,8,12,17-18,21-22,24,29H,7,9-11,13,15H2,1H3,(H,30,31). The number of nitrogens with zero attached hydrogens (tertiary/aromatic N) is 2. The number of nitrogens with one attached hydrogen (secondary N) is 2. The van der Waals surface area contributed by atoms with Gasteiger partial charge in [-0.3, -0.25) is 9.78 Å². The highest BCUT2D eigenvalue weighted by molar-refractivity contribution is 6.21. The molecule has 1 aliphatic heterocycles. The van der Waals surface area contributed by atoms with Gasteiger partial charge in [0.15, 0.2) is 0 Å². The maximum atomic E-state index is 12.8. The van der Waals surface area contributed by atoms with Gasteiger partial charge in [-0.05, 0) is 49.4 Å². The van der Waals surface area contributed by atoms with E-state index in [2.05, 4.69) is 21.7 Å². The molecule has 1 aromatic carbocycles. The molecular weight excluding hydrogens is 440 g/mol. The highest BCUT2D eigenvalue weighted by atomic mass is 35.5. The highest BCUT2D eigenvalue weighted by Gasteiger charge is 2.43. The molecule has 0 spiro atoms. The van der Waals surface area contributed by atoms with Crippen LogP contribution in [0.5, 0.6) is 5.75 Å². The molecular formula is C25H29ClN4O3. The molecule has 5 unspecified atom stereocenters. The Morgan fingerprint density at radius 1 is 1.27 bits per heavy atom. The van der Waals surface area contributed by atoms with E-state index in [9.17, 15) is 4.79 Å². The molecule has 0 radical (unpaired) electrons. The van der Waals surface area contributed by atoms with Crippen molar-refractivity contribution in [2.45, 2.75) is 43.2 Å². The summed E-state index contributed by atoms with van der Waals surface area (Å²) in [5, 5.41) is 15.6. The van der Waals surface area contributed by atoms with Gasteiger partial charge < -0.3 is 20.1 Å². The van der Waals surface area contributed by atoms with Gasteiger partial charge in [0, 0.05) is 42.7 Å². The second-order valence-corrected chi connectivity index (χ2v) is 9.24. The molecule has 5 atom stereocenters. The minimum Gasteiger partial charge on any atom is -0.495 e. The van der Waals surface area contributed by atoms with Crippen LogP contribution >= 0.6 is 11.6 Å². The Kier molecular flexibility index (Phi) is 7.69. The topological polar surface area (TPSA) is 96.3 Å².